The minimum atomic E-state index is 0.0931. The molecule has 0 aromatic rings. The molecule has 52 valence electrons. The highest BCUT2D eigenvalue weighted by Crippen LogP contribution is 2.11. The van der Waals surface area contributed by atoms with E-state index < -0.39 is 0 Å². The number of halogens is 1. The van der Waals surface area contributed by atoms with Gasteiger partial charge in [0.25, 0.3) is 0 Å². The average Bonchev–Trinajstić information content (AvgIpc) is 1.84. The Bertz CT molecular complexity index is 136. The van der Waals surface area contributed by atoms with Gasteiger partial charge in [-0.2, -0.15) is 0 Å². The Balaban J connectivity index is 4.06. The van der Waals surface area contributed by atoms with Crippen LogP contribution in [0.4, 0.5) is 0 Å². The van der Waals surface area contributed by atoms with Gasteiger partial charge in [-0.3, -0.25) is 4.79 Å². The first-order valence-corrected chi connectivity index (χ1v) is 3.75. The molecule has 0 bridgehead atoms. The van der Waals surface area contributed by atoms with Gasteiger partial charge in [-0.05, 0) is 22.9 Å². The number of rotatable bonds is 2. The Hall–Kier alpha value is -0.110. The van der Waals surface area contributed by atoms with Gasteiger partial charge >= 0.3 is 0 Å². The van der Waals surface area contributed by atoms with E-state index >= 15 is 0 Å². The number of allylic oxidation sites excluding steroid dienone is 2. The summed E-state index contributed by atoms with van der Waals surface area (Å²) in [5, 5.41) is 0. The Morgan fingerprint density at radius 2 is 2.00 bits per heavy atom. The molecule has 0 saturated heterocycles. The van der Waals surface area contributed by atoms with Crippen LogP contribution >= 0.6 is 15.9 Å². The molecule has 0 spiro atoms. The highest BCUT2D eigenvalue weighted by molar-refractivity contribution is 9.12. The quantitative estimate of drug-likeness (QED) is 0.613. The maximum atomic E-state index is 11.0. The number of hydrogen-bond acceptors (Lipinski definition) is 1. The van der Waals surface area contributed by atoms with Crippen LogP contribution in [0.1, 0.15) is 20.8 Å². The summed E-state index contributed by atoms with van der Waals surface area (Å²) in [6.45, 7) is 5.60. The minimum absolute atomic E-state index is 0.0931. The zero-order valence-electron chi connectivity index (χ0n) is 5.94. The highest BCUT2D eigenvalue weighted by atomic mass is 79.9. The molecule has 0 aromatic carbocycles. The number of hydrogen-bond donors (Lipinski definition) is 0. The van der Waals surface area contributed by atoms with Gasteiger partial charge < -0.3 is 0 Å². The SMILES string of the molecule is C/C=C(/Br)C(=O)C(C)C. The maximum Gasteiger partial charge on any atom is 0.171 e. The Morgan fingerprint density at radius 1 is 1.56 bits per heavy atom. The molecule has 0 heterocycles. The van der Waals surface area contributed by atoms with Gasteiger partial charge in [0.1, 0.15) is 0 Å². The first kappa shape index (κ1) is 8.89. The van der Waals surface area contributed by atoms with Crippen LogP contribution < -0.4 is 0 Å². The van der Waals surface area contributed by atoms with Crippen molar-refractivity contribution in [1.29, 1.82) is 0 Å². The van der Waals surface area contributed by atoms with E-state index in [1.165, 1.54) is 0 Å². The summed E-state index contributed by atoms with van der Waals surface area (Å²) in [6, 6.07) is 0. The monoisotopic (exact) mass is 190 g/mol. The lowest BCUT2D eigenvalue weighted by atomic mass is 10.1. The number of carbonyl (C=O) groups excluding carboxylic acids is 1. The second kappa shape index (κ2) is 3.83. The third-order valence-corrected chi connectivity index (χ3v) is 1.86. The van der Waals surface area contributed by atoms with Crippen molar-refractivity contribution in [2.75, 3.05) is 0 Å². The molecule has 0 aromatic heterocycles. The Kier molecular flexibility index (Phi) is 3.78. The van der Waals surface area contributed by atoms with Gasteiger partial charge in [-0.1, -0.05) is 19.9 Å². The highest BCUT2D eigenvalue weighted by Gasteiger charge is 2.08. The Labute approximate surface area is 64.3 Å². The summed E-state index contributed by atoms with van der Waals surface area (Å²) in [7, 11) is 0. The van der Waals surface area contributed by atoms with E-state index in [9.17, 15) is 4.79 Å². The zero-order valence-corrected chi connectivity index (χ0v) is 7.53. The predicted molar refractivity (Wildman–Crippen MR) is 42.5 cm³/mol. The lowest BCUT2D eigenvalue weighted by molar-refractivity contribution is -0.117. The van der Waals surface area contributed by atoms with Crippen LogP contribution in [0.15, 0.2) is 10.6 Å². The van der Waals surface area contributed by atoms with Crippen LogP contribution in [0.25, 0.3) is 0 Å². The molecular weight excluding hydrogens is 180 g/mol. The smallest absolute Gasteiger partial charge is 0.171 e. The minimum Gasteiger partial charge on any atom is -0.293 e. The molecule has 9 heavy (non-hydrogen) atoms. The van der Waals surface area contributed by atoms with E-state index in [2.05, 4.69) is 15.9 Å². The predicted octanol–water partition coefficient (Wildman–Crippen LogP) is 2.51. The van der Waals surface area contributed by atoms with Crippen LogP contribution in [-0.2, 0) is 4.79 Å². The largest absolute Gasteiger partial charge is 0.293 e. The van der Waals surface area contributed by atoms with Gasteiger partial charge in [0.2, 0.25) is 0 Å². The third-order valence-electron chi connectivity index (χ3n) is 1.01. The fraction of sp³-hybridized carbons (Fsp3) is 0.571. The number of Topliss-reactive ketones (excluding diaryl/α,β-unsaturated/α-hetero) is 1. The topological polar surface area (TPSA) is 17.1 Å². The molecule has 0 atom stereocenters. The summed E-state index contributed by atoms with van der Waals surface area (Å²) in [5.41, 5.74) is 0. The van der Waals surface area contributed by atoms with Gasteiger partial charge in [-0.25, -0.2) is 0 Å². The summed E-state index contributed by atoms with van der Waals surface area (Å²) in [5.74, 6) is 0.257. The molecule has 0 aliphatic rings. The van der Waals surface area contributed by atoms with E-state index in [0.717, 1.165) is 0 Å². The van der Waals surface area contributed by atoms with Gasteiger partial charge in [0.05, 0.1) is 4.48 Å². The lowest BCUT2D eigenvalue weighted by Crippen LogP contribution is -2.05. The summed E-state index contributed by atoms with van der Waals surface area (Å²) in [4.78, 5) is 11.0. The molecule has 0 unspecified atom stereocenters. The van der Waals surface area contributed by atoms with Crippen molar-refractivity contribution in [1.82, 2.24) is 0 Å². The second-order valence-electron chi connectivity index (χ2n) is 2.16. The van der Waals surface area contributed by atoms with Crippen molar-refractivity contribution in [2.24, 2.45) is 5.92 Å². The molecule has 0 radical (unpaired) electrons. The van der Waals surface area contributed by atoms with Crippen LogP contribution in [0.5, 0.6) is 0 Å². The van der Waals surface area contributed by atoms with Crippen molar-refractivity contribution in [3.63, 3.8) is 0 Å². The van der Waals surface area contributed by atoms with E-state index in [0.29, 0.717) is 4.48 Å². The first-order chi connectivity index (χ1) is 4.09. The fourth-order valence-corrected chi connectivity index (χ4v) is 0.876. The molecule has 0 fully saturated rings. The molecule has 0 aliphatic carbocycles. The maximum absolute atomic E-state index is 11.0. The van der Waals surface area contributed by atoms with Crippen molar-refractivity contribution < 1.29 is 4.79 Å². The number of carbonyl (C=O) groups is 1. The number of ketones is 1. The van der Waals surface area contributed by atoms with Crippen molar-refractivity contribution in [3.8, 4) is 0 Å². The molecular formula is C7H11BrO. The fourth-order valence-electron chi connectivity index (χ4n) is 0.418. The summed E-state index contributed by atoms with van der Waals surface area (Å²) < 4.78 is 0.678. The molecule has 0 amide bonds. The zero-order chi connectivity index (χ0) is 7.44. The lowest BCUT2D eigenvalue weighted by Gasteiger charge is -1.99. The Morgan fingerprint density at radius 3 is 2.11 bits per heavy atom. The average molecular weight is 191 g/mol. The van der Waals surface area contributed by atoms with E-state index in [1.807, 2.05) is 20.8 Å². The van der Waals surface area contributed by atoms with Gasteiger partial charge in [0.15, 0.2) is 5.78 Å². The van der Waals surface area contributed by atoms with E-state index in [-0.39, 0.29) is 11.7 Å². The van der Waals surface area contributed by atoms with Crippen LogP contribution in [0.3, 0.4) is 0 Å². The van der Waals surface area contributed by atoms with Crippen LogP contribution in [0.2, 0.25) is 0 Å². The first-order valence-electron chi connectivity index (χ1n) is 2.95. The third kappa shape index (κ3) is 2.80. The van der Waals surface area contributed by atoms with E-state index in [4.69, 9.17) is 0 Å². The van der Waals surface area contributed by atoms with Crippen LogP contribution in [-0.4, -0.2) is 5.78 Å². The second-order valence-corrected chi connectivity index (χ2v) is 3.01. The van der Waals surface area contributed by atoms with Crippen molar-refractivity contribution in [3.05, 3.63) is 10.6 Å². The molecule has 0 saturated carbocycles. The van der Waals surface area contributed by atoms with Gasteiger partial charge in [0, 0.05) is 5.92 Å². The molecule has 0 rings (SSSR count). The van der Waals surface area contributed by atoms with Crippen LogP contribution in [0, 0.1) is 5.92 Å². The van der Waals surface area contributed by atoms with Crippen molar-refractivity contribution >= 4 is 21.7 Å². The standard InChI is InChI=1S/C7H11BrO/c1-4-6(8)7(9)5(2)3/h4-5H,1-3H3/b6-4+. The molecule has 0 aliphatic heterocycles. The molecule has 0 N–H and O–H groups in total. The molecule has 2 heteroatoms. The van der Waals surface area contributed by atoms with Gasteiger partial charge in [-0.15, -0.1) is 0 Å². The van der Waals surface area contributed by atoms with Crippen molar-refractivity contribution in [2.45, 2.75) is 20.8 Å². The molecule has 1 nitrogen and oxygen atoms in total. The summed E-state index contributed by atoms with van der Waals surface area (Å²) in [6.07, 6.45) is 1.77. The normalized spacial score (nSPS) is 12.3. The summed E-state index contributed by atoms with van der Waals surface area (Å²) >= 11 is 3.15. The van der Waals surface area contributed by atoms with E-state index in [1.54, 1.807) is 6.08 Å².